The molecule has 0 saturated heterocycles. The average Bonchev–Trinajstić information content (AvgIpc) is 2.19. The number of benzene rings is 1. The highest BCUT2D eigenvalue weighted by atomic mass is 35.5. The summed E-state index contributed by atoms with van der Waals surface area (Å²) in [5.74, 6) is -1.04. The van der Waals surface area contributed by atoms with Gasteiger partial charge in [-0.05, 0) is 31.5 Å². The van der Waals surface area contributed by atoms with Crippen LogP contribution in [0.4, 0.5) is 0 Å². The van der Waals surface area contributed by atoms with Gasteiger partial charge in [0.1, 0.15) is 10.7 Å². The molecule has 0 radical (unpaired) electrons. The molecule has 2 aromatic rings. The Morgan fingerprint density at radius 2 is 2.06 bits per heavy atom. The molecule has 1 N–H and O–H groups in total. The Morgan fingerprint density at radius 3 is 2.69 bits per heavy atom. The molecule has 0 fully saturated rings. The van der Waals surface area contributed by atoms with Crippen LogP contribution in [0.2, 0.25) is 5.15 Å². The summed E-state index contributed by atoms with van der Waals surface area (Å²) in [6.07, 6.45) is 0. The number of aromatic carboxylic acids is 1. The van der Waals surface area contributed by atoms with Crippen molar-refractivity contribution in [3.8, 4) is 0 Å². The van der Waals surface area contributed by atoms with Crippen LogP contribution in [0.3, 0.4) is 0 Å². The maximum atomic E-state index is 11.0. The maximum Gasteiger partial charge on any atom is 0.339 e. The second-order valence-corrected chi connectivity index (χ2v) is 4.09. The van der Waals surface area contributed by atoms with E-state index in [0.717, 1.165) is 16.5 Å². The summed E-state index contributed by atoms with van der Waals surface area (Å²) >= 11 is 5.85. The SMILES string of the molecule is Cc1ccc2nc(Cl)c(C(=O)O)c(C)c2c1. The molecule has 0 atom stereocenters. The van der Waals surface area contributed by atoms with Crippen LogP contribution in [-0.4, -0.2) is 16.1 Å². The summed E-state index contributed by atoms with van der Waals surface area (Å²) in [4.78, 5) is 15.1. The average molecular weight is 236 g/mol. The zero-order valence-corrected chi connectivity index (χ0v) is 9.67. The number of hydrogen-bond donors (Lipinski definition) is 1. The van der Waals surface area contributed by atoms with E-state index in [-0.39, 0.29) is 10.7 Å². The molecule has 0 saturated carbocycles. The lowest BCUT2D eigenvalue weighted by Crippen LogP contribution is -2.03. The van der Waals surface area contributed by atoms with E-state index in [2.05, 4.69) is 4.98 Å². The Balaban J connectivity index is 2.90. The van der Waals surface area contributed by atoms with Crippen molar-refractivity contribution in [2.24, 2.45) is 0 Å². The molecule has 82 valence electrons. The van der Waals surface area contributed by atoms with Gasteiger partial charge in [0.25, 0.3) is 0 Å². The van der Waals surface area contributed by atoms with Crippen molar-refractivity contribution in [3.05, 3.63) is 40.0 Å². The number of nitrogens with zero attached hydrogens (tertiary/aromatic N) is 1. The molecular weight excluding hydrogens is 226 g/mol. The summed E-state index contributed by atoms with van der Waals surface area (Å²) in [5, 5.41) is 9.93. The number of carbonyl (C=O) groups is 1. The predicted octanol–water partition coefficient (Wildman–Crippen LogP) is 3.20. The third-order valence-electron chi connectivity index (χ3n) is 2.57. The molecule has 1 heterocycles. The summed E-state index contributed by atoms with van der Waals surface area (Å²) in [6.45, 7) is 3.70. The van der Waals surface area contributed by atoms with E-state index in [0.29, 0.717) is 5.56 Å². The van der Waals surface area contributed by atoms with Gasteiger partial charge < -0.3 is 5.11 Å². The summed E-state index contributed by atoms with van der Waals surface area (Å²) in [6, 6.07) is 5.68. The van der Waals surface area contributed by atoms with Gasteiger partial charge in [0, 0.05) is 5.39 Å². The number of rotatable bonds is 1. The van der Waals surface area contributed by atoms with Gasteiger partial charge >= 0.3 is 5.97 Å². The second-order valence-electron chi connectivity index (χ2n) is 3.73. The summed E-state index contributed by atoms with van der Waals surface area (Å²) < 4.78 is 0. The number of fused-ring (bicyclic) bond motifs is 1. The normalized spacial score (nSPS) is 10.7. The lowest BCUT2D eigenvalue weighted by atomic mass is 10.0. The van der Waals surface area contributed by atoms with Gasteiger partial charge in [-0.2, -0.15) is 0 Å². The van der Waals surface area contributed by atoms with Gasteiger partial charge in [0.2, 0.25) is 0 Å². The molecule has 0 unspecified atom stereocenters. The fraction of sp³-hybridized carbons (Fsp3) is 0.167. The molecule has 0 aliphatic heterocycles. The smallest absolute Gasteiger partial charge is 0.339 e. The zero-order chi connectivity index (χ0) is 11.9. The van der Waals surface area contributed by atoms with Crippen LogP contribution in [0.15, 0.2) is 18.2 Å². The number of pyridine rings is 1. The number of aryl methyl sites for hydroxylation is 2. The van der Waals surface area contributed by atoms with Crippen molar-refractivity contribution >= 4 is 28.5 Å². The minimum atomic E-state index is -1.04. The van der Waals surface area contributed by atoms with Crippen LogP contribution < -0.4 is 0 Å². The van der Waals surface area contributed by atoms with E-state index in [1.54, 1.807) is 6.92 Å². The standard InChI is InChI=1S/C12H10ClNO2/c1-6-3-4-9-8(5-6)7(2)10(12(15)16)11(13)14-9/h3-5H,1-2H3,(H,15,16). The molecule has 16 heavy (non-hydrogen) atoms. The van der Waals surface area contributed by atoms with Crippen molar-refractivity contribution in [2.45, 2.75) is 13.8 Å². The third-order valence-corrected chi connectivity index (χ3v) is 2.84. The molecule has 4 heteroatoms. The van der Waals surface area contributed by atoms with Crippen molar-refractivity contribution in [1.29, 1.82) is 0 Å². The number of hydrogen-bond acceptors (Lipinski definition) is 2. The van der Waals surface area contributed by atoms with Gasteiger partial charge in [-0.25, -0.2) is 9.78 Å². The summed E-state index contributed by atoms with van der Waals surface area (Å²) in [7, 11) is 0. The predicted molar refractivity (Wildman–Crippen MR) is 63.2 cm³/mol. The monoisotopic (exact) mass is 235 g/mol. The molecule has 0 bridgehead atoms. The Morgan fingerprint density at radius 1 is 1.38 bits per heavy atom. The molecule has 0 aliphatic rings. The fourth-order valence-corrected chi connectivity index (χ4v) is 2.06. The molecule has 1 aromatic carbocycles. The first-order chi connectivity index (χ1) is 7.50. The molecule has 1 aromatic heterocycles. The minimum absolute atomic E-state index is 0.0429. The lowest BCUT2D eigenvalue weighted by molar-refractivity contribution is 0.0696. The quantitative estimate of drug-likeness (QED) is 0.773. The van der Waals surface area contributed by atoms with E-state index in [9.17, 15) is 4.79 Å². The molecule has 3 nitrogen and oxygen atoms in total. The first-order valence-corrected chi connectivity index (χ1v) is 5.18. The van der Waals surface area contributed by atoms with Crippen LogP contribution in [0.1, 0.15) is 21.5 Å². The van der Waals surface area contributed by atoms with Crippen LogP contribution in [-0.2, 0) is 0 Å². The molecule has 0 amide bonds. The summed E-state index contributed by atoms with van der Waals surface area (Å²) in [5.41, 5.74) is 2.53. The van der Waals surface area contributed by atoms with Crippen molar-refractivity contribution < 1.29 is 9.90 Å². The van der Waals surface area contributed by atoms with Crippen molar-refractivity contribution in [1.82, 2.24) is 4.98 Å². The zero-order valence-electron chi connectivity index (χ0n) is 8.91. The van der Waals surface area contributed by atoms with Crippen LogP contribution in [0, 0.1) is 13.8 Å². The topological polar surface area (TPSA) is 50.2 Å². The third kappa shape index (κ3) is 1.63. The van der Waals surface area contributed by atoms with Gasteiger partial charge in [-0.1, -0.05) is 23.2 Å². The molecule has 2 rings (SSSR count). The van der Waals surface area contributed by atoms with Crippen molar-refractivity contribution in [3.63, 3.8) is 0 Å². The Kier molecular flexibility index (Phi) is 2.56. The minimum Gasteiger partial charge on any atom is -0.478 e. The van der Waals surface area contributed by atoms with Crippen LogP contribution >= 0.6 is 11.6 Å². The van der Waals surface area contributed by atoms with Crippen molar-refractivity contribution in [2.75, 3.05) is 0 Å². The number of carboxylic acids is 1. The van der Waals surface area contributed by atoms with E-state index >= 15 is 0 Å². The Hall–Kier alpha value is -1.61. The largest absolute Gasteiger partial charge is 0.478 e. The highest BCUT2D eigenvalue weighted by Gasteiger charge is 2.16. The van der Waals surface area contributed by atoms with Gasteiger partial charge in [0.05, 0.1) is 5.52 Å². The lowest BCUT2D eigenvalue weighted by Gasteiger charge is -2.08. The number of carboxylic acid groups (broad SMARTS) is 1. The maximum absolute atomic E-state index is 11.0. The van der Waals surface area contributed by atoms with Gasteiger partial charge in [0.15, 0.2) is 0 Å². The van der Waals surface area contributed by atoms with Gasteiger partial charge in [-0.3, -0.25) is 0 Å². The van der Waals surface area contributed by atoms with E-state index < -0.39 is 5.97 Å². The van der Waals surface area contributed by atoms with Crippen LogP contribution in [0.25, 0.3) is 10.9 Å². The Bertz CT molecular complexity index is 593. The van der Waals surface area contributed by atoms with E-state index in [1.165, 1.54) is 0 Å². The van der Waals surface area contributed by atoms with E-state index in [1.807, 2.05) is 25.1 Å². The first-order valence-electron chi connectivity index (χ1n) is 4.80. The second kappa shape index (κ2) is 3.76. The number of aromatic nitrogens is 1. The van der Waals surface area contributed by atoms with E-state index in [4.69, 9.17) is 16.7 Å². The highest BCUT2D eigenvalue weighted by molar-refractivity contribution is 6.33. The molecular formula is C12H10ClNO2. The first kappa shape index (κ1) is 10.9. The molecule has 0 aliphatic carbocycles. The fourth-order valence-electron chi connectivity index (χ4n) is 1.75. The Labute approximate surface area is 97.7 Å². The molecule has 0 spiro atoms. The van der Waals surface area contributed by atoms with Crippen LogP contribution in [0.5, 0.6) is 0 Å². The highest BCUT2D eigenvalue weighted by Crippen LogP contribution is 2.26. The van der Waals surface area contributed by atoms with Gasteiger partial charge in [-0.15, -0.1) is 0 Å². The number of halogens is 1.